The molecule has 0 aliphatic rings. The van der Waals surface area contributed by atoms with Gasteiger partial charge in [-0.25, -0.2) is 9.97 Å². The highest BCUT2D eigenvalue weighted by molar-refractivity contribution is 8.00. The van der Waals surface area contributed by atoms with Crippen LogP contribution in [0.3, 0.4) is 0 Å². The second kappa shape index (κ2) is 8.11. The number of aryl methyl sites for hydroxylation is 1. The Labute approximate surface area is 170 Å². The quantitative estimate of drug-likeness (QED) is 0.260. The van der Waals surface area contributed by atoms with Crippen LogP contribution in [0.5, 0.6) is 0 Å². The van der Waals surface area contributed by atoms with E-state index in [4.69, 9.17) is 0 Å². The maximum atomic E-state index is 11.0. The van der Waals surface area contributed by atoms with Crippen molar-refractivity contribution in [2.75, 3.05) is 10.0 Å². The number of aromatic nitrogens is 3. The van der Waals surface area contributed by atoms with E-state index in [0.717, 1.165) is 22.4 Å². The van der Waals surface area contributed by atoms with Crippen LogP contribution in [0.4, 0.5) is 23.0 Å². The lowest BCUT2D eigenvalue weighted by atomic mass is 10.3. The van der Waals surface area contributed by atoms with E-state index in [9.17, 15) is 10.1 Å². The minimum atomic E-state index is -0.419. The Hall–Kier alpha value is -3.72. The molecule has 144 valence electrons. The first-order valence-corrected chi connectivity index (χ1v) is 9.54. The van der Waals surface area contributed by atoms with Crippen LogP contribution in [0.2, 0.25) is 0 Å². The van der Waals surface area contributed by atoms with Crippen molar-refractivity contribution in [1.82, 2.24) is 15.0 Å². The second-order valence-electron chi connectivity index (χ2n) is 6.13. The number of benzene rings is 2. The van der Waals surface area contributed by atoms with E-state index in [-0.39, 0.29) is 5.69 Å². The van der Waals surface area contributed by atoms with Gasteiger partial charge in [-0.05, 0) is 49.2 Å². The lowest BCUT2D eigenvalue weighted by Crippen LogP contribution is -2.03. The van der Waals surface area contributed by atoms with Gasteiger partial charge >= 0.3 is 0 Å². The minimum absolute atomic E-state index is 0.0331. The minimum Gasteiger partial charge on any atom is -0.336 e. The zero-order chi connectivity index (χ0) is 20.2. The zero-order valence-corrected chi connectivity index (χ0v) is 16.2. The first-order valence-electron chi connectivity index (χ1n) is 8.73. The first-order chi connectivity index (χ1) is 14.1. The van der Waals surface area contributed by atoms with Gasteiger partial charge in [0.05, 0.1) is 27.3 Å². The number of para-hydroxylation sites is 2. The van der Waals surface area contributed by atoms with Gasteiger partial charge in [0.15, 0.2) is 11.6 Å². The highest BCUT2D eigenvalue weighted by Gasteiger charge is 2.12. The van der Waals surface area contributed by atoms with Gasteiger partial charge < -0.3 is 10.0 Å². The molecule has 2 aromatic heterocycles. The molecule has 0 saturated carbocycles. The number of nitrogens with one attached hydrogen (secondary N) is 2. The Morgan fingerprint density at radius 2 is 1.72 bits per heavy atom. The molecule has 0 spiro atoms. The number of nitro groups is 1. The van der Waals surface area contributed by atoms with Gasteiger partial charge in [-0.3, -0.25) is 15.1 Å². The average molecular weight is 404 g/mol. The third kappa shape index (κ3) is 4.25. The maximum absolute atomic E-state index is 11.0. The van der Waals surface area contributed by atoms with Crippen molar-refractivity contribution >= 4 is 46.0 Å². The van der Waals surface area contributed by atoms with Crippen molar-refractivity contribution in [3.8, 4) is 0 Å². The Morgan fingerprint density at radius 3 is 2.45 bits per heavy atom. The lowest BCUT2D eigenvalue weighted by Gasteiger charge is -2.14. The predicted molar refractivity (Wildman–Crippen MR) is 114 cm³/mol. The monoisotopic (exact) mass is 404 g/mol. The van der Waals surface area contributed by atoms with Gasteiger partial charge in [-0.1, -0.05) is 18.2 Å². The van der Waals surface area contributed by atoms with E-state index >= 15 is 0 Å². The number of nitrogens with zero attached hydrogens (tertiary/aromatic N) is 4. The largest absolute Gasteiger partial charge is 0.336 e. The van der Waals surface area contributed by atoms with Crippen LogP contribution in [0.15, 0.2) is 71.8 Å². The Balaban J connectivity index is 1.67. The number of rotatable bonds is 6. The fourth-order valence-electron chi connectivity index (χ4n) is 2.67. The van der Waals surface area contributed by atoms with Crippen molar-refractivity contribution in [1.29, 1.82) is 0 Å². The normalized spacial score (nSPS) is 10.7. The number of fused-ring (bicyclic) bond motifs is 1. The number of hydrogen-bond donors (Lipinski definition) is 2. The molecule has 0 atom stereocenters. The summed E-state index contributed by atoms with van der Waals surface area (Å²) in [6.07, 6.45) is 1.73. The zero-order valence-electron chi connectivity index (χ0n) is 15.4. The summed E-state index contributed by atoms with van der Waals surface area (Å²) in [4.78, 5) is 24.9. The van der Waals surface area contributed by atoms with Gasteiger partial charge in [-0.15, -0.1) is 0 Å². The number of non-ortho nitro benzene ring substituents is 1. The third-order valence-corrected chi connectivity index (χ3v) is 4.91. The summed E-state index contributed by atoms with van der Waals surface area (Å²) in [6, 6.07) is 17.7. The Bertz CT molecular complexity index is 1200. The average Bonchev–Trinajstić information content (AvgIpc) is 2.74. The molecule has 0 fully saturated rings. The van der Waals surface area contributed by atoms with E-state index in [1.165, 1.54) is 24.1 Å². The van der Waals surface area contributed by atoms with Crippen LogP contribution in [-0.2, 0) is 0 Å². The summed E-state index contributed by atoms with van der Waals surface area (Å²) in [5.74, 6) is 1.06. The highest BCUT2D eigenvalue weighted by atomic mass is 32.2. The molecule has 2 aromatic carbocycles. The summed E-state index contributed by atoms with van der Waals surface area (Å²) in [6.45, 7) is 1.90. The molecule has 4 rings (SSSR count). The van der Waals surface area contributed by atoms with Gasteiger partial charge in [0, 0.05) is 23.2 Å². The van der Waals surface area contributed by atoms with Crippen LogP contribution >= 0.6 is 11.9 Å². The second-order valence-corrected chi connectivity index (χ2v) is 7.01. The van der Waals surface area contributed by atoms with E-state index in [0.29, 0.717) is 16.5 Å². The van der Waals surface area contributed by atoms with Crippen LogP contribution in [-0.4, -0.2) is 19.9 Å². The molecule has 0 bridgehead atoms. The van der Waals surface area contributed by atoms with Crippen LogP contribution in [0.1, 0.15) is 5.69 Å². The highest BCUT2D eigenvalue weighted by Crippen LogP contribution is 2.30. The Morgan fingerprint density at radius 1 is 0.966 bits per heavy atom. The molecule has 0 aliphatic heterocycles. The van der Waals surface area contributed by atoms with Gasteiger partial charge in [0.25, 0.3) is 5.69 Å². The summed E-state index contributed by atoms with van der Waals surface area (Å²) in [5.41, 5.74) is 3.18. The molecule has 9 heteroatoms. The molecule has 0 unspecified atom stereocenters. The molecule has 0 aliphatic carbocycles. The van der Waals surface area contributed by atoms with Crippen molar-refractivity contribution < 1.29 is 4.92 Å². The van der Waals surface area contributed by atoms with Gasteiger partial charge in [-0.2, -0.15) is 0 Å². The van der Waals surface area contributed by atoms with Crippen molar-refractivity contribution in [2.45, 2.75) is 11.8 Å². The molecule has 2 heterocycles. The molecular formula is C20H16N6O2S. The molecule has 29 heavy (non-hydrogen) atoms. The molecule has 0 amide bonds. The molecule has 4 aromatic rings. The van der Waals surface area contributed by atoms with Crippen LogP contribution < -0.4 is 10.0 Å². The van der Waals surface area contributed by atoms with Gasteiger partial charge in [0.2, 0.25) is 0 Å². The van der Waals surface area contributed by atoms with Crippen molar-refractivity contribution in [2.24, 2.45) is 0 Å². The number of anilines is 3. The lowest BCUT2D eigenvalue weighted by molar-refractivity contribution is -0.385. The van der Waals surface area contributed by atoms with E-state index < -0.39 is 4.92 Å². The Kier molecular flexibility index (Phi) is 5.21. The van der Waals surface area contributed by atoms with Crippen LogP contribution in [0.25, 0.3) is 11.0 Å². The van der Waals surface area contributed by atoms with Gasteiger partial charge in [0.1, 0.15) is 0 Å². The van der Waals surface area contributed by atoms with E-state index in [1.807, 2.05) is 43.3 Å². The van der Waals surface area contributed by atoms with E-state index in [1.54, 1.807) is 18.3 Å². The summed E-state index contributed by atoms with van der Waals surface area (Å²) in [7, 11) is 0. The molecule has 0 saturated heterocycles. The summed E-state index contributed by atoms with van der Waals surface area (Å²) < 4.78 is 3.17. The summed E-state index contributed by atoms with van der Waals surface area (Å²) >= 11 is 1.23. The number of nitro benzene ring substituents is 1. The van der Waals surface area contributed by atoms with Crippen molar-refractivity contribution in [3.63, 3.8) is 0 Å². The maximum Gasteiger partial charge on any atom is 0.270 e. The standard InChI is InChI=1S/C20H16N6O2S/c1-13-16(10-5-11-21-13)22-19-20(24-18-9-3-2-8-17(18)23-19)25-29-15-7-4-6-14(12-15)26(27)28/h2-12H,1H3,(H,22,23)(H,24,25). The van der Waals surface area contributed by atoms with E-state index in [2.05, 4.69) is 25.0 Å². The topological polar surface area (TPSA) is 106 Å². The SMILES string of the molecule is Cc1ncccc1Nc1nc2ccccc2nc1NSc1cccc([N+](=O)[O-])c1. The molecule has 2 N–H and O–H groups in total. The molecule has 8 nitrogen and oxygen atoms in total. The summed E-state index contributed by atoms with van der Waals surface area (Å²) in [5, 5.41) is 14.3. The molecule has 0 radical (unpaired) electrons. The third-order valence-electron chi connectivity index (χ3n) is 4.12. The molecular weight excluding hydrogens is 388 g/mol. The smallest absolute Gasteiger partial charge is 0.270 e. The predicted octanol–water partition coefficient (Wildman–Crippen LogP) is 5.10. The number of hydrogen-bond acceptors (Lipinski definition) is 8. The van der Waals surface area contributed by atoms with Crippen LogP contribution in [0, 0.1) is 17.0 Å². The fraction of sp³-hybridized carbons (Fsp3) is 0.0500. The number of pyridine rings is 1. The van der Waals surface area contributed by atoms with Crippen molar-refractivity contribution in [3.05, 3.63) is 82.7 Å². The first kappa shape index (κ1) is 18.6. The fourth-order valence-corrected chi connectivity index (χ4v) is 3.35.